The molecule has 3 aromatic rings. The molecule has 0 N–H and O–H groups in total. The minimum Gasteiger partial charge on any atom is -0.486 e. The second-order valence-corrected chi connectivity index (χ2v) is 5.64. The number of halogens is 3. The Labute approximate surface area is 135 Å². The quantitative estimate of drug-likeness (QED) is 0.714. The van der Waals surface area contributed by atoms with Gasteiger partial charge in [0.25, 0.3) is 0 Å². The van der Waals surface area contributed by atoms with Crippen LogP contribution in [-0.2, 0) is 6.54 Å². The molecule has 0 saturated carbocycles. The number of nitrogens with zero attached hydrogens (tertiary/aromatic N) is 2. The third-order valence-electron chi connectivity index (χ3n) is 3.67. The number of rotatable bonds is 2. The van der Waals surface area contributed by atoms with Gasteiger partial charge in [-0.1, -0.05) is 11.6 Å². The summed E-state index contributed by atoms with van der Waals surface area (Å²) < 4.78 is 39.5. The average molecular weight is 337 g/mol. The number of fused-ring (bicyclic) bond motifs is 2. The first kappa shape index (κ1) is 14.3. The molecule has 2 heterocycles. The van der Waals surface area contributed by atoms with E-state index in [1.807, 2.05) is 6.07 Å². The molecule has 1 aliphatic heterocycles. The largest absolute Gasteiger partial charge is 0.486 e. The summed E-state index contributed by atoms with van der Waals surface area (Å²) in [5, 5.41) is 0.457. The van der Waals surface area contributed by atoms with Crippen molar-refractivity contribution in [3.8, 4) is 11.5 Å². The fourth-order valence-electron chi connectivity index (χ4n) is 2.63. The highest BCUT2D eigenvalue weighted by Gasteiger charge is 2.17. The maximum atomic E-state index is 13.5. The highest BCUT2D eigenvalue weighted by Crippen LogP contribution is 2.38. The molecule has 4 rings (SSSR count). The van der Waals surface area contributed by atoms with E-state index in [-0.39, 0.29) is 0 Å². The molecule has 118 valence electrons. The first-order chi connectivity index (χ1) is 11.1. The van der Waals surface area contributed by atoms with E-state index in [4.69, 9.17) is 21.1 Å². The Balaban J connectivity index is 1.73. The summed E-state index contributed by atoms with van der Waals surface area (Å²) in [6.07, 6.45) is 1.54. The number of hydrogen-bond donors (Lipinski definition) is 0. The minimum atomic E-state index is -0.912. The molecule has 0 spiro atoms. The van der Waals surface area contributed by atoms with Crippen LogP contribution >= 0.6 is 11.6 Å². The van der Waals surface area contributed by atoms with Crippen molar-refractivity contribution in [1.29, 1.82) is 0 Å². The first-order valence-electron chi connectivity index (χ1n) is 7.00. The lowest BCUT2D eigenvalue weighted by atomic mass is 10.2. The van der Waals surface area contributed by atoms with E-state index in [2.05, 4.69) is 4.98 Å². The normalized spacial score (nSPS) is 13.5. The van der Waals surface area contributed by atoms with Crippen LogP contribution in [0.2, 0.25) is 5.02 Å². The van der Waals surface area contributed by atoms with E-state index in [0.29, 0.717) is 47.3 Å². The van der Waals surface area contributed by atoms with Gasteiger partial charge in [0.1, 0.15) is 13.2 Å². The highest BCUT2D eigenvalue weighted by atomic mass is 35.5. The zero-order valence-electron chi connectivity index (χ0n) is 11.9. The van der Waals surface area contributed by atoms with Gasteiger partial charge in [0.2, 0.25) is 0 Å². The number of ether oxygens (including phenoxy) is 2. The van der Waals surface area contributed by atoms with Crippen LogP contribution in [0.1, 0.15) is 5.56 Å². The number of benzene rings is 2. The second kappa shape index (κ2) is 5.38. The molecule has 23 heavy (non-hydrogen) atoms. The third-order valence-corrected chi connectivity index (χ3v) is 3.95. The Bertz CT molecular complexity index is 911. The maximum absolute atomic E-state index is 13.5. The fourth-order valence-corrected chi connectivity index (χ4v) is 2.92. The van der Waals surface area contributed by atoms with Gasteiger partial charge in [-0.25, -0.2) is 13.8 Å². The van der Waals surface area contributed by atoms with Gasteiger partial charge in [-0.05, 0) is 17.7 Å². The predicted molar refractivity (Wildman–Crippen MR) is 81.2 cm³/mol. The third kappa shape index (κ3) is 2.49. The van der Waals surface area contributed by atoms with Gasteiger partial charge in [-0.2, -0.15) is 0 Å². The van der Waals surface area contributed by atoms with Crippen LogP contribution in [0.15, 0.2) is 30.6 Å². The average Bonchev–Trinajstić information content (AvgIpc) is 2.90. The number of hydrogen-bond acceptors (Lipinski definition) is 3. The molecule has 0 radical (unpaired) electrons. The molecule has 1 aromatic heterocycles. The standard InChI is InChI=1S/C16H11ClF2N2O2/c17-10-3-9(4-15-16(10)23-2-1-22-15)7-21-8-20-13-5-11(18)12(19)6-14(13)21/h3-6,8H,1-2,7H2. The van der Waals surface area contributed by atoms with Gasteiger partial charge in [0.15, 0.2) is 23.1 Å². The molecule has 4 nitrogen and oxygen atoms in total. The lowest BCUT2D eigenvalue weighted by Gasteiger charge is -2.20. The first-order valence-corrected chi connectivity index (χ1v) is 7.37. The van der Waals surface area contributed by atoms with E-state index in [9.17, 15) is 8.78 Å². The molecule has 2 aromatic carbocycles. The maximum Gasteiger partial charge on any atom is 0.179 e. The summed E-state index contributed by atoms with van der Waals surface area (Å²) in [7, 11) is 0. The van der Waals surface area contributed by atoms with Gasteiger partial charge in [-0.3, -0.25) is 0 Å². The molecule has 0 atom stereocenters. The summed E-state index contributed by atoms with van der Waals surface area (Å²) in [5.74, 6) is -0.699. The van der Waals surface area contributed by atoms with Crippen LogP contribution in [0.25, 0.3) is 11.0 Å². The van der Waals surface area contributed by atoms with Crippen LogP contribution < -0.4 is 9.47 Å². The van der Waals surface area contributed by atoms with Gasteiger partial charge in [-0.15, -0.1) is 0 Å². The lowest BCUT2D eigenvalue weighted by Crippen LogP contribution is -2.16. The summed E-state index contributed by atoms with van der Waals surface area (Å²) in [4.78, 5) is 4.09. The second-order valence-electron chi connectivity index (χ2n) is 5.23. The van der Waals surface area contributed by atoms with Crippen LogP contribution in [0.4, 0.5) is 8.78 Å². The van der Waals surface area contributed by atoms with E-state index in [1.165, 1.54) is 6.33 Å². The lowest BCUT2D eigenvalue weighted by molar-refractivity contribution is 0.171. The minimum absolute atomic E-state index is 0.396. The van der Waals surface area contributed by atoms with Crippen LogP contribution in [0.3, 0.4) is 0 Å². The Kier molecular flexibility index (Phi) is 3.34. The molecule has 1 aliphatic rings. The van der Waals surface area contributed by atoms with E-state index in [0.717, 1.165) is 17.7 Å². The van der Waals surface area contributed by atoms with Crippen molar-refractivity contribution in [2.75, 3.05) is 13.2 Å². The molecule has 0 bridgehead atoms. The van der Waals surface area contributed by atoms with Crippen molar-refractivity contribution in [2.24, 2.45) is 0 Å². The molecular formula is C16H11ClF2N2O2. The van der Waals surface area contributed by atoms with E-state index >= 15 is 0 Å². The van der Waals surface area contributed by atoms with Gasteiger partial charge >= 0.3 is 0 Å². The van der Waals surface area contributed by atoms with Crippen molar-refractivity contribution in [3.05, 3.63) is 52.8 Å². The molecule has 7 heteroatoms. The predicted octanol–water partition coefficient (Wildman–Crippen LogP) is 3.79. The zero-order valence-corrected chi connectivity index (χ0v) is 12.6. The van der Waals surface area contributed by atoms with Crippen LogP contribution in [-0.4, -0.2) is 22.8 Å². The Morgan fingerprint density at radius 1 is 1.09 bits per heavy atom. The molecule has 0 saturated heterocycles. The fraction of sp³-hybridized carbons (Fsp3) is 0.188. The van der Waals surface area contributed by atoms with Crippen molar-refractivity contribution in [3.63, 3.8) is 0 Å². The monoisotopic (exact) mass is 336 g/mol. The molecule has 0 aliphatic carbocycles. The molecular weight excluding hydrogens is 326 g/mol. The van der Waals surface area contributed by atoms with Crippen LogP contribution in [0.5, 0.6) is 11.5 Å². The van der Waals surface area contributed by atoms with Crippen molar-refractivity contribution < 1.29 is 18.3 Å². The topological polar surface area (TPSA) is 36.3 Å². The van der Waals surface area contributed by atoms with Crippen molar-refractivity contribution >= 4 is 22.6 Å². The van der Waals surface area contributed by atoms with E-state index in [1.54, 1.807) is 10.6 Å². The summed E-state index contributed by atoms with van der Waals surface area (Å²) >= 11 is 6.21. The van der Waals surface area contributed by atoms with E-state index < -0.39 is 11.6 Å². The van der Waals surface area contributed by atoms with Crippen molar-refractivity contribution in [2.45, 2.75) is 6.54 Å². The SMILES string of the molecule is Fc1cc2ncn(Cc3cc(Cl)c4c(c3)OCCO4)c2cc1F. The summed E-state index contributed by atoms with van der Waals surface area (Å²) in [6, 6.07) is 5.81. The molecule has 0 amide bonds. The summed E-state index contributed by atoms with van der Waals surface area (Å²) in [6.45, 7) is 1.33. The number of aromatic nitrogens is 2. The number of imidazole rings is 1. The molecule has 0 fully saturated rings. The highest BCUT2D eigenvalue weighted by molar-refractivity contribution is 6.32. The molecule has 0 unspecified atom stereocenters. The smallest absolute Gasteiger partial charge is 0.179 e. The van der Waals surface area contributed by atoms with Gasteiger partial charge in [0, 0.05) is 18.7 Å². The Morgan fingerprint density at radius 3 is 2.74 bits per heavy atom. The Morgan fingerprint density at radius 2 is 1.87 bits per heavy atom. The van der Waals surface area contributed by atoms with Gasteiger partial charge in [0.05, 0.1) is 22.4 Å². The van der Waals surface area contributed by atoms with Crippen molar-refractivity contribution in [1.82, 2.24) is 9.55 Å². The Hall–Kier alpha value is -2.34. The van der Waals surface area contributed by atoms with Crippen LogP contribution in [0, 0.1) is 11.6 Å². The van der Waals surface area contributed by atoms with Gasteiger partial charge < -0.3 is 14.0 Å². The summed E-state index contributed by atoms with van der Waals surface area (Å²) in [5.41, 5.74) is 1.76. The zero-order chi connectivity index (χ0) is 16.0.